The minimum atomic E-state index is 0.198. The molecule has 0 amide bonds. The molecule has 0 aromatic carbocycles. The molecule has 4 atom stereocenters. The summed E-state index contributed by atoms with van der Waals surface area (Å²) in [7, 11) is 0. The van der Waals surface area contributed by atoms with Crippen molar-refractivity contribution in [3.05, 3.63) is 0 Å². The lowest BCUT2D eigenvalue weighted by molar-refractivity contribution is 0.391. The first-order valence-corrected chi connectivity index (χ1v) is 3.90. The molecule has 0 radical (unpaired) electrons. The van der Waals surface area contributed by atoms with Gasteiger partial charge in [-0.25, -0.2) is 0 Å². The van der Waals surface area contributed by atoms with Crippen molar-refractivity contribution in [3.63, 3.8) is 0 Å². The molecule has 2 aliphatic rings. The molecule has 1 nitrogen and oxygen atoms in total. The largest absolute Gasteiger partial charge is 0.325 e. The van der Waals surface area contributed by atoms with Gasteiger partial charge in [0.1, 0.15) is 0 Å². The zero-order valence-electron chi connectivity index (χ0n) is 6.22. The van der Waals surface area contributed by atoms with Gasteiger partial charge >= 0.3 is 0 Å². The van der Waals surface area contributed by atoms with E-state index in [4.69, 9.17) is 5.73 Å². The molecule has 2 N–H and O–H groups in total. The minimum Gasteiger partial charge on any atom is -0.325 e. The van der Waals surface area contributed by atoms with E-state index in [9.17, 15) is 0 Å². The van der Waals surface area contributed by atoms with Crippen LogP contribution < -0.4 is 5.73 Å². The highest BCUT2D eigenvalue weighted by Gasteiger charge is 2.56. The molecule has 0 heterocycles. The van der Waals surface area contributed by atoms with E-state index in [2.05, 4.69) is 13.8 Å². The molecule has 2 rings (SSSR count). The van der Waals surface area contributed by atoms with E-state index < -0.39 is 0 Å². The lowest BCUT2D eigenvalue weighted by atomic mass is 9.94. The van der Waals surface area contributed by atoms with Gasteiger partial charge in [0.2, 0.25) is 0 Å². The second kappa shape index (κ2) is 1.34. The quantitative estimate of drug-likeness (QED) is 0.520. The lowest BCUT2D eigenvalue weighted by Gasteiger charge is -2.20. The topological polar surface area (TPSA) is 26.0 Å². The van der Waals surface area contributed by atoms with Crippen LogP contribution in [0.2, 0.25) is 0 Å². The van der Waals surface area contributed by atoms with E-state index in [1.54, 1.807) is 0 Å². The predicted octanol–water partition coefficient (Wildman–Crippen LogP) is 1.38. The summed E-state index contributed by atoms with van der Waals surface area (Å²) >= 11 is 0. The average Bonchev–Trinajstić information content (AvgIpc) is 2.33. The van der Waals surface area contributed by atoms with Crippen LogP contribution in [0.3, 0.4) is 0 Å². The first-order valence-electron chi connectivity index (χ1n) is 3.90. The number of hydrogen-bond acceptors (Lipinski definition) is 1. The first kappa shape index (κ1) is 5.72. The van der Waals surface area contributed by atoms with Crippen molar-refractivity contribution in [1.29, 1.82) is 0 Å². The van der Waals surface area contributed by atoms with Crippen molar-refractivity contribution in [1.82, 2.24) is 0 Å². The number of rotatable bonds is 0. The van der Waals surface area contributed by atoms with Gasteiger partial charge < -0.3 is 5.73 Å². The summed E-state index contributed by atoms with van der Waals surface area (Å²) in [6.45, 7) is 4.55. The SMILES string of the molecule is CC1CC(C)(N)C2C[C@H]12. The lowest BCUT2D eigenvalue weighted by Crippen LogP contribution is -2.36. The van der Waals surface area contributed by atoms with Crippen LogP contribution in [0.5, 0.6) is 0 Å². The summed E-state index contributed by atoms with van der Waals surface area (Å²) in [5.41, 5.74) is 6.25. The van der Waals surface area contributed by atoms with Gasteiger partial charge in [0.05, 0.1) is 0 Å². The standard InChI is InChI=1S/C8H15N/c1-5-4-8(2,9)7-3-6(5)7/h5-7H,3-4,9H2,1-2H3/t5?,6-,7?,8?/m1/s1. The van der Waals surface area contributed by atoms with Crippen LogP contribution in [0.1, 0.15) is 26.7 Å². The Balaban J connectivity index is 2.17. The summed E-state index contributed by atoms with van der Waals surface area (Å²) in [5, 5.41) is 0. The summed E-state index contributed by atoms with van der Waals surface area (Å²) < 4.78 is 0. The normalized spacial score (nSPS) is 63.7. The maximum atomic E-state index is 6.05. The van der Waals surface area contributed by atoms with Crippen LogP contribution in [0.4, 0.5) is 0 Å². The Morgan fingerprint density at radius 3 is 2.33 bits per heavy atom. The Hall–Kier alpha value is -0.0400. The molecule has 2 saturated carbocycles. The predicted molar refractivity (Wildman–Crippen MR) is 38.0 cm³/mol. The molecule has 0 spiro atoms. The van der Waals surface area contributed by atoms with Gasteiger partial charge in [-0.3, -0.25) is 0 Å². The summed E-state index contributed by atoms with van der Waals surface area (Å²) in [5.74, 6) is 2.79. The molecule has 0 bridgehead atoms. The fraction of sp³-hybridized carbons (Fsp3) is 1.00. The van der Waals surface area contributed by atoms with E-state index in [0.29, 0.717) is 0 Å². The molecule has 3 unspecified atom stereocenters. The van der Waals surface area contributed by atoms with Gasteiger partial charge in [0.25, 0.3) is 0 Å². The molecule has 2 fully saturated rings. The molecule has 0 aromatic heterocycles. The zero-order valence-corrected chi connectivity index (χ0v) is 6.22. The minimum absolute atomic E-state index is 0.198. The highest BCUT2D eigenvalue weighted by Crippen LogP contribution is 2.59. The van der Waals surface area contributed by atoms with Gasteiger partial charge in [-0.2, -0.15) is 0 Å². The van der Waals surface area contributed by atoms with Gasteiger partial charge in [0.15, 0.2) is 0 Å². The van der Waals surface area contributed by atoms with Crippen LogP contribution in [-0.2, 0) is 0 Å². The van der Waals surface area contributed by atoms with Crippen molar-refractivity contribution in [2.45, 2.75) is 32.2 Å². The first-order chi connectivity index (χ1) is 4.11. The van der Waals surface area contributed by atoms with Crippen molar-refractivity contribution in [3.8, 4) is 0 Å². The van der Waals surface area contributed by atoms with Crippen LogP contribution in [-0.4, -0.2) is 5.54 Å². The number of hydrogen-bond donors (Lipinski definition) is 1. The van der Waals surface area contributed by atoms with E-state index in [1.165, 1.54) is 12.8 Å². The van der Waals surface area contributed by atoms with Crippen molar-refractivity contribution >= 4 is 0 Å². The van der Waals surface area contributed by atoms with Crippen molar-refractivity contribution in [2.24, 2.45) is 23.5 Å². The highest BCUT2D eigenvalue weighted by atomic mass is 14.8. The van der Waals surface area contributed by atoms with E-state index >= 15 is 0 Å². The van der Waals surface area contributed by atoms with E-state index in [-0.39, 0.29) is 5.54 Å². The van der Waals surface area contributed by atoms with Gasteiger partial charge in [-0.1, -0.05) is 6.92 Å². The van der Waals surface area contributed by atoms with Crippen molar-refractivity contribution < 1.29 is 0 Å². The maximum Gasteiger partial charge on any atom is 0.0159 e. The van der Waals surface area contributed by atoms with Crippen LogP contribution in [0.25, 0.3) is 0 Å². The third kappa shape index (κ3) is 0.644. The Kier molecular flexibility index (Phi) is 0.852. The number of nitrogens with two attached hydrogens (primary N) is 1. The molecular formula is C8H15N. The molecule has 9 heavy (non-hydrogen) atoms. The molecule has 52 valence electrons. The maximum absolute atomic E-state index is 6.05. The fourth-order valence-electron chi connectivity index (χ4n) is 2.60. The third-order valence-electron chi connectivity index (χ3n) is 3.18. The Labute approximate surface area is 56.6 Å². The molecule has 0 saturated heterocycles. The molecular weight excluding hydrogens is 110 g/mol. The van der Waals surface area contributed by atoms with E-state index in [1.807, 2.05) is 0 Å². The smallest absolute Gasteiger partial charge is 0.0159 e. The Morgan fingerprint density at radius 2 is 2.22 bits per heavy atom. The average molecular weight is 125 g/mol. The monoisotopic (exact) mass is 125 g/mol. The van der Waals surface area contributed by atoms with Gasteiger partial charge in [0, 0.05) is 5.54 Å². The van der Waals surface area contributed by atoms with Crippen LogP contribution in [0.15, 0.2) is 0 Å². The molecule has 2 aliphatic carbocycles. The van der Waals surface area contributed by atoms with E-state index in [0.717, 1.165) is 17.8 Å². The molecule has 1 heteroatoms. The van der Waals surface area contributed by atoms with Gasteiger partial charge in [-0.05, 0) is 37.5 Å². The zero-order chi connectivity index (χ0) is 6.65. The third-order valence-corrected chi connectivity index (χ3v) is 3.18. The molecule has 0 aliphatic heterocycles. The summed E-state index contributed by atoms with van der Waals surface area (Å²) in [6, 6.07) is 0. The van der Waals surface area contributed by atoms with Crippen LogP contribution in [0, 0.1) is 17.8 Å². The number of fused-ring (bicyclic) bond motifs is 1. The highest BCUT2D eigenvalue weighted by molar-refractivity contribution is 5.10. The Bertz CT molecular complexity index is 140. The van der Waals surface area contributed by atoms with Gasteiger partial charge in [-0.15, -0.1) is 0 Å². The summed E-state index contributed by atoms with van der Waals surface area (Å²) in [4.78, 5) is 0. The molecule has 0 aromatic rings. The Morgan fingerprint density at radius 1 is 1.56 bits per heavy atom. The van der Waals surface area contributed by atoms with Crippen LogP contribution >= 0.6 is 0 Å². The fourth-order valence-corrected chi connectivity index (χ4v) is 2.60. The summed E-state index contributed by atoms with van der Waals surface area (Å²) in [6.07, 6.45) is 2.66. The second-order valence-corrected chi connectivity index (χ2v) is 4.19. The second-order valence-electron chi connectivity index (χ2n) is 4.19. The van der Waals surface area contributed by atoms with Crippen molar-refractivity contribution in [2.75, 3.05) is 0 Å².